The topological polar surface area (TPSA) is 0 Å². The van der Waals surface area contributed by atoms with Crippen LogP contribution in [0.1, 0.15) is 30.9 Å². The summed E-state index contributed by atoms with van der Waals surface area (Å²) in [5, 5.41) is 2.20. The van der Waals surface area contributed by atoms with Crippen LogP contribution in [0.2, 0.25) is 0 Å². The average molecular weight is 202 g/mol. The molecule has 0 radical (unpaired) electrons. The molecule has 0 aromatic heterocycles. The molecule has 2 rings (SSSR count). The molecule has 78 valence electrons. The smallest absolute Gasteiger partial charge is 0.124 e. The molecule has 0 nitrogen and oxygen atoms in total. The number of fused-ring (bicyclic) bond motifs is 1. The molecular weight excluding hydrogens is 187 g/mol. The fourth-order valence-electron chi connectivity index (χ4n) is 2.07. The summed E-state index contributed by atoms with van der Waals surface area (Å²) in [4.78, 5) is 0. The molecule has 0 fully saturated rings. The largest absolute Gasteiger partial charge is 0.207 e. The number of hydrogen-bond donors (Lipinski definition) is 0. The van der Waals surface area contributed by atoms with Gasteiger partial charge in [-0.3, -0.25) is 0 Å². The summed E-state index contributed by atoms with van der Waals surface area (Å²) in [5.41, 5.74) is 2.32. The van der Waals surface area contributed by atoms with Crippen LogP contribution < -0.4 is 0 Å². The maximum absolute atomic E-state index is 13.4. The van der Waals surface area contributed by atoms with Crippen molar-refractivity contribution in [1.82, 2.24) is 0 Å². The lowest BCUT2D eigenvalue weighted by atomic mass is 9.93. The van der Waals surface area contributed by atoms with Gasteiger partial charge >= 0.3 is 0 Å². The van der Waals surface area contributed by atoms with E-state index in [4.69, 9.17) is 0 Å². The van der Waals surface area contributed by atoms with Crippen molar-refractivity contribution in [2.24, 2.45) is 0 Å². The Kier molecular flexibility index (Phi) is 2.47. The highest BCUT2D eigenvalue weighted by molar-refractivity contribution is 5.89. The van der Waals surface area contributed by atoms with Crippen molar-refractivity contribution in [2.45, 2.75) is 26.7 Å². The Morgan fingerprint density at radius 1 is 1.13 bits per heavy atom. The molecule has 0 amide bonds. The number of halogens is 1. The minimum absolute atomic E-state index is 0.142. The van der Waals surface area contributed by atoms with Crippen LogP contribution in [0.3, 0.4) is 0 Å². The zero-order chi connectivity index (χ0) is 11.0. The van der Waals surface area contributed by atoms with E-state index in [1.54, 1.807) is 12.1 Å². The quantitative estimate of drug-likeness (QED) is 0.642. The second kappa shape index (κ2) is 3.65. The van der Waals surface area contributed by atoms with Crippen LogP contribution in [-0.2, 0) is 0 Å². The average Bonchev–Trinajstić information content (AvgIpc) is 2.16. The second-order valence-corrected chi connectivity index (χ2v) is 4.32. The maximum atomic E-state index is 13.4. The monoisotopic (exact) mass is 202 g/mol. The lowest BCUT2D eigenvalue weighted by Gasteiger charge is -2.12. The van der Waals surface area contributed by atoms with Crippen molar-refractivity contribution in [3.05, 3.63) is 47.3 Å². The molecule has 2 aromatic carbocycles. The summed E-state index contributed by atoms with van der Waals surface area (Å²) in [6, 6.07) is 9.28. The van der Waals surface area contributed by atoms with Crippen molar-refractivity contribution < 1.29 is 4.39 Å². The van der Waals surface area contributed by atoms with Crippen LogP contribution in [0.25, 0.3) is 10.8 Å². The normalized spacial score (nSPS) is 11.3. The molecule has 0 bridgehead atoms. The van der Waals surface area contributed by atoms with Gasteiger partial charge in [-0.05, 0) is 46.9 Å². The third-order valence-electron chi connectivity index (χ3n) is 2.80. The lowest BCUT2D eigenvalue weighted by molar-refractivity contribution is 0.626. The van der Waals surface area contributed by atoms with Gasteiger partial charge in [0.2, 0.25) is 0 Å². The highest BCUT2D eigenvalue weighted by atomic mass is 19.1. The molecule has 0 atom stereocenters. The molecule has 0 N–H and O–H groups in total. The van der Waals surface area contributed by atoms with Crippen molar-refractivity contribution in [3.63, 3.8) is 0 Å². The van der Waals surface area contributed by atoms with Gasteiger partial charge in [-0.2, -0.15) is 0 Å². The molecule has 0 saturated heterocycles. The predicted octanol–water partition coefficient (Wildman–Crippen LogP) is 4.41. The first-order valence-electron chi connectivity index (χ1n) is 5.28. The van der Waals surface area contributed by atoms with Gasteiger partial charge in [0.05, 0.1) is 0 Å². The first-order chi connectivity index (χ1) is 7.09. The molecule has 15 heavy (non-hydrogen) atoms. The Labute approximate surface area is 89.7 Å². The van der Waals surface area contributed by atoms with Gasteiger partial charge in [-0.1, -0.05) is 32.0 Å². The fourth-order valence-corrected chi connectivity index (χ4v) is 2.07. The van der Waals surface area contributed by atoms with Crippen LogP contribution in [0.5, 0.6) is 0 Å². The summed E-state index contributed by atoms with van der Waals surface area (Å²) < 4.78 is 13.4. The van der Waals surface area contributed by atoms with Crippen LogP contribution in [0, 0.1) is 12.7 Å². The van der Waals surface area contributed by atoms with E-state index in [1.807, 2.05) is 12.1 Å². The van der Waals surface area contributed by atoms with Crippen LogP contribution in [0.15, 0.2) is 30.3 Å². The Morgan fingerprint density at radius 3 is 2.53 bits per heavy atom. The van der Waals surface area contributed by atoms with E-state index in [2.05, 4.69) is 26.8 Å². The lowest BCUT2D eigenvalue weighted by Crippen LogP contribution is -1.93. The number of benzene rings is 2. The van der Waals surface area contributed by atoms with E-state index >= 15 is 0 Å². The number of aryl methyl sites for hydroxylation is 1. The Balaban J connectivity index is 2.88. The summed E-state index contributed by atoms with van der Waals surface area (Å²) in [6.07, 6.45) is 0. The van der Waals surface area contributed by atoms with Crippen molar-refractivity contribution in [3.8, 4) is 0 Å². The third kappa shape index (κ3) is 1.74. The van der Waals surface area contributed by atoms with E-state index < -0.39 is 0 Å². The second-order valence-electron chi connectivity index (χ2n) is 4.32. The SMILES string of the molecule is Cc1cccc2cc(F)cc(C(C)C)c12. The molecule has 0 heterocycles. The predicted molar refractivity (Wildman–Crippen MR) is 62.7 cm³/mol. The van der Waals surface area contributed by atoms with Crippen molar-refractivity contribution in [1.29, 1.82) is 0 Å². The van der Waals surface area contributed by atoms with Crippen molar-refractivity contribution in [2.75, 3.05) is 0 Å². The molecule has 2 aromatic rings. The van der Waals surface area contributed by atoms with Crippen LogP contribution in [0.4, 0.5) is 4.39 Å². The van der Waals surface area contributed by atoms with E-state index in [9.17, 15) is 4.39 Å². The van der Waals surface area contributed by atoms with Gasteiger partial charge in [-0.15, -0.1) is 0 Å². The minimum atomic E-state index is -0.142. The van der Waals surface area contributed by atoms with E-state index in [1.165, 1.54) is 10.9 Å². The van der Waals surface area contributed by atoms with Gasteiger partial charge in [0.1, 0.15) is 5.82 Å². The standard InChI is InChI=1S/C14H15F/c1-9(2)13-8-12(15)7-11-6-4-5-10(3)14(11)13/h4-9H,1-3H3. The molecule has 0 spiro atoms. The Morgan fingerprint density at radius 2 is 1.87 bits per heavy atom. The minimum Gasteiger partial charge on any atom is -0.207 e. The van der Waals surface area contributed by atoms with E-state index in [-0.39, 0.29) is 5.82 Å². The fraction of sp³-hybridized carbons (Fsp3) is 0.286. The van der Waals surface area contributed by atoms with E-state index in [0.29, 0.717) is 5.92 Å². The van der Waals surface area contributed by atoms with Gasteiger partial charge in [0.25, 0.3) is 0 Å². The van der Waals surface area contributed by atoms with Gasteiger partial charge in [0, 0.05) is 0 Å². The van der Waals surface area contributed by atoms with Crippen molar-refractivity contribution >= 4 is 10.8 Å². The summed E-state index contributed by atoms with van der Waals surface area (Å²) in [6.45, 7) is 6.27. The zero-order valence-corrected chi connectivity index (χ0v) is 9.34. The summed E-state index contributed by atoms with van der Waals surface area (Å²) >= 11 is 0. The summed E-state index contributed by atoms with van der Waals surface area (Å²) in [7, 11) is 0. The molecule has 0 aliphatic rings. The summed E-state index contributed by atoms with van der Waals surface area (Å²) in [5.74, 6) is 0.209. The molecule has 0 saturated carbocycles. The molecule has 0 unspecified atom stereocenters. The maximum Gasteiger partial charge on any atom is 0.124 e. The Hall–Kier alpha value is -1.37. The zero-order valence-electron chi connectivity index (χ0n) is 9.34. The van der Waals surface area contributed by atoms with Gasteiger partial charge < -0.3 is 0 Å². The Bertz CT molecular complexity index is 498. The van der Waals surface area contributed by atoms with Gasteiger partial charge in [0.15, 0.2) is 0 Å². The first kappa shape index (κ1) is 10.2. The highest BCUT2D eigenvalue weighted by Crippen LogP contribution is 2.29. The molecule has 0 aliphatic carbocycles. The number of rotatable bonds is 1. The van der Waals surface area contributed by atoms with E-state index in [0.717, 1.165) is 10.9 Å². The first-order valence-corrected chi connectivity index (χ1v) is 5.28. The van der Waals surface area contributed by atoms with Gasteiger partial charge in [-0.25, -0.2) is 4.39 Å². The molecule has 0 aliphatic heterocycles. The third-order valence-corrected chi connectivity index (χ3v) is 2.80. The highest BCUT2D eigenvalue weighted by Gasteiger charge is 2.09. The number of hydrogen-bond acceptors (Lipinski definition) is 0. The molecular formula is C14H15F. The van der Waals surface area contributed by atoms with Crippen LogP contribution >= 0.6 is 0 Å². The van der Waals surface area contributed by atoms with Crippen LogP contribution in [-0.4, -0.2) is 0 Å². The molecule has 1 heteroatoms.